The summed E-state index contributed by atoms with van der Waals surface area (Å²) in [6, 6.07) is 0. The third kappa shape index (κ3) is 3.16. The number of carbonyl (C=O) groups excluding carboxylic acids is 1. The van der Waals surface area contributed by atoms with Crippen molar-refractivity contribution in [3.05, 3.63) is 11.3 Å². The molecule has 3 nitrogen and oxygen atoms in total. The van der Waals surface area contributed by atoms with Gasteiger partial charge in [0.15, 0.2) is 5.78 Å². The number of ketones is 1. The molecule has 0 aromatic heterocycles. The minimum atomic E-state index is 0.109. The number of hydrogen-bond acceptors (Lipinski definition) is 4. The normalized spacial score (nSPS) is 30.1. The molecule has 2 rings (SSSR count). The molecule has 2 aliphatic rings. The second kappa shape index (κ2) is 5.88. The first-order chi connectivity index (χ1) is 8.97. The maximum absolute atomic E-state index is 12.5. The monoisotopic (exact) mass is 283 g/mol. The number of likely N-dealkylation sites (tertiary alicyclic amines) is 1. The highest BCUT2D eigenvalue weighted by Crippen LogP contribution is 2.46. The van der Waals surface area contributed by atoms with E-state index in [2.05, 4.69) is 38.7 Å². The lowest BCUT2D eigenvalue weighted by molar-refractivity contribution is -0.119. The van der Waals surface area contributed by atoms with Crippen LogP contribution in [0.1, 0.15) is 46.0 Å². The molecule has 1 atom stereocenters. The number of allylic oxidation sites excluding steroid dienone is 2. The molecule has 0 amide bonds. The van der Waals surface area contributed by atoms with Crippen molar-refractivity contribution in [1.82, 2.24) is 4.90 Å². The van der Waals surface area contributed by atoms with E-state index in [0.717, 1.165) is 43.7 Å². The number of carbonyl (C=O) groups is 1. The Kier molecular flexibility index (Phi) is 4.62. The molecule has 1 aliphatic carbocycles. The maximum Gasteiger partial charge on any atom is 0.163 e. The molecule has 19 heavy (non-hydrogen) atoms. The zero-order chi connectivity index (χ0) is 14.0. The third-order valence-electron chi connectivity index (χ3n) is 4.63. The van der Waals surface area contributed by atoms with Crippen molar-refractivity contribution in [2.45, 2.75) is 46.0 Å². The number of Topliss-reactive ketones (excluding diaryl/α,β-unsaturated/α-hetero) is 1. The van der Waals surface area contributed by atoms with Crippen molar-refractivity contribution in [3.8, 4) is 0 Å². The van der Waals surface area contributed by atoms with Gasteiger partial charge in [0.1, 0.15) is 5.76 Å². The third-order valence-corrected chi connectivity index (χ3v) is 4.85. The van der Waals surface area contributed by atoms with E-state index in [1.807, 2.05) is 0 Å². The van der Waals surface area contributed by atoms with Gasteiger partial charge in [-0.2, -0.15) is 0 Å². The molecule has 108 valence electrons. The van der Waals surface area contributed by atoms with Crippen LogP contribution in [0.5, 0.6) is 0 Å². The van der Waals surface area contributed by atoms with Gasteiger partial charge >= 0.3 is 0 Å². The molecule has 1 spiro atoms. The summed E-state index contributed by atoms with van der Waals surface area (Å²) in [6.45, 7) is 6.32. The van der Waals surface area contributed by atoms with Gasteiger partial charge in [-0.3, -0.25) is 4.79 Å². The fraction of sp³-hybridized carbons (Fsp3) is 0.800. The van der Waals surface area contributed by atoms with Crippen LogP contribution in [-0.4, -0.2) is 30.8 Å². The quantitative estimate of drug-likeness (QED) is 0.623. The van der Waals surface area contributed by atoms with E-state index in [4.69, 9.17) is 4.18 Å². The van der Waals surface area contributed by atoms with Crippen LogP contribution < -0.4 is 0 Å². The van der Waals surface area contributed by atoms with Crippen molar-refractivity contribution < 1.29 is 8.98 Å². The lowest BCUT2D eigenvalue weighted by atomic mass is 9.67. The van der Waals surface area contributed by atoms with Gasteiger partial charge in [-0.25, -0.2) is 0 Å². The lowest BCUT2D eigenvalue weighted by Gasteiger charge is -2.37. The highest BCUT2D eigenvalue weighted by atomic mass is 32.1. The van der Waals surface area contributed by atoms with Crippen LogP contribution in [0.15, 0.2) is 11.3 Å². The molecule has 1 unspecified atom stereocenters. The van der Waals surface area contributed by atoms with Crippen LogP contribution in [0.25, 0.3) is 0 Å². The summed E-state index contributed by atoms with van der Waals surface area (Å²) < 4.78 is 5.27. The van der Waals surface area contributed by atoms with E-state index in [9.17, 15) is 4.79 Å². The first-order valence-electron chi connectivity index (χ1n) is 7.24. The van der Waals surface area contributed by atoms with Crippen LogP contribution in [0.3, 0.4) is 0 Å². The summed E-state index contributed by atoms with van der Waals surface area (Å²) in [5.74, 6) is 1.31. The Hall–Kier alpha value is -0.480. The van der Waals surface area contributed by atoms with Gasteiger partial charge in [-0.1, -0.05) is 13.8 Å². The molecule has 4 heteroatoms. The van der Waals surface area contributed by atoms with Crippen molar-refractivity contribution >= 4 is 18.7 Å². The fourth-order valence-electron chi connectivity index (χ4n) is 3.56. The Balaban J connectivity index is 2.26. The summed E-state index contributed by atoms with van der Waals surface area (Å²) in [5, 5.41) is 0. The van der Waals surface area contributed by atoms with Crippen molar-refractivity contribution in [2.24, 2.45) is 11.3 Å². The Labute approximate surface area is 122 Å². The Morgan fingerprint density at radius 3 is 2.63 bits per heavy atom. The summed E-state index contributed by atoms with van der Waals surface area (Å²) in [5.41, 5.74) is 0.969. The molecular formula is C15H25NO2S. The Morgan fingerprint density at radius 1 is 1.26 bits per heavy atom. The smallest absolute Gasteiger partial charge is 0.163 e. The minimum Gasteiger partial charge on any atom is -0.433 e. The minimum absolute atomic E-state index is 0.109. The predicted octanol–water partition coefficient (Wildman–Crippen LogP) is 3.22. The second-order valence-electron chi connectivity index (χ2n) is 6.52. The van der Waals surface area contributed by atoms with E-state index in [1.165, 1.54) is 6.42 Å². The standard InChI is InChI=1S/C15H25NO2S/c1-11(2)14-12(17)9-15(10-13(14)18-19)5-4-7-16(3)8-6-15/h11,19H,4-10H2,1-3H3. The van der Waals surface area contributed by atoms with Crippen LogP contribution in [0.2, 0.25) is 0 Å². The highest BCUT2D eigenvalue weighted by molar-refractivity contribution is 7.75. The average Bonchev–Trinajstić information content (AvgIpc) is 2.51. The Morgan fingerprint density at radius 2 is 2.00 bits per heavy atom. The number of rotatable bonds is 2. The second-order valence-corrected chi connectivity index (χ2v) is 6.70. The van der Waals surface area contributed by atoms with Gasteiger partial charge in [-0.05, 0) is 50.7 Å². The van der Waals surface area contributed by atoms with Gasteiger partial charge in [-0.15, -0.1) is 0 Å². The molecule has 1 fully saturated rings. The zero-order valence-electron chi connectivity index (χ0n) is 12.2. The topological polar surface area (TPSA) is 29.5 Å². The van der Waals surface area contributed by atoms with Gasteiger partial charge < -0.3 is 9.08 Å². The number of thiol groups is 1. The zero-order valence-corrected chi connectivity index (χ0v) is 13.1. The van der Waals surface area contributed by atoms with Gasteiger partial charge in [0.05, 0.1) is 0 Å². The molecule has 0 bridgehead atoms. The summed E-state index contributed by atoms with van der Waals surface area (Å²) >= 11 is 3.99. The van der Waals surface area contributed by atoms with Gasteiger partial charge in [0, 0.05) is 31.3 Å². The summed E-state index contributed by atoms with van der Waals surface area (Å²) in [4.78, 5) is 14.9. The van der Waals surface area contributed by atoms with Crippen LogP contribution in [0, 0.1) is 11.3 Å². The van der Waals surface area contributed by atoms with E-state index in [1.54, 1.807) is 0 Å². The molecule has 0 aromatic rings. The fourth-order valence-corrected chi connectivity index (χ4v) is 3.72. The highest BCUT2D eigenvalue weighted by Gasteiger charge is 2.41. The summed E-state index contributed by atoms with van der Waals surface area (Å²) in [7, 11) is 2.16. The maximum atomic E-state index is 12.5. The average molecular weight is 283 g/mol. The largest absolute Gasteiger partial charge is 0.433 e. The number of hydrogen-bond donors (Lipinski definition) is 1. The SMILES string of the molecule is CC(C)C1=C(OS)CC2(CCCN(C)CC2)CC1=O. The molecular weight excluding hydrogens is 258 g/mol. The van der Waals surface area contributed by atoms with Crippen LogP contribution >= 0.6 is 12.9 Å². The van der Waals surface area contributed by atoms with Crippen molar-refractivity contribution in [1.29, 1.82) is 0 Å². The summed E-state index contributed by atoms with van der Waals surface area (Å²) in [6.07, 6.45) is 4.94. The van der Waals surface area contributed by atoms with Crippen molar-refractivity contribution in [2.75, 3.05) is 20.1 Å². The first kappa shape index (κ1) is 14.9. The molecule has 1 aliphatic heterocycles. The van der Waals surface area contributed by atoms with E-state index >= 15 is 0 Å². The van der Waals surface area contributed by atoms with Gasteiger partial charge in [0.2, 0.25) is 0 Å². The van der Waals surface area contributed by atoms with E-state index < -0.39 is 0 Å². The van der Waals surface area contributed by atoms with Gasteiger partial charge in [0.25, 0.3) is 0 Å². The molecule has 0 aromatic carbocycles. The molecule has 0 radical (unpaired) electrons. The predicted molar refractivity (Wildman–Crippen MR) is 80.0 cm³/mol. The van der Waals surface area contributed by atoms with Crippen LogP contribution in [-0.2, 0) is 8.98 Å². The molecule has 1 saturated heterocycles. The first-order valence-corrected chi connectivity index (χ1v) is 7.60. The number of nitrogens with zero attached hydrogens (tertiary/aromatic N) is 1. The lowest BCUT2D eigenvalue weighted by Crippen LogP contribution is -2.33. The van der Waals surface area contributed by atoms with Crippen molar-refractivity contribution in [3.63, 3.8) is 0 Å². The van der Waals surface area contributed by atoms with E-state index in [0.29, 0.717) is 6.42 Å². The molecule has 0 N–H and O–H groups in total. The van der Waals surface area contributed by atoms with Crippen LogP contribution in [0.4, 0.5) is 0 Å². The Bertz CT molecular complexity index is 392. The van der Waals surface area contributed by atoms with E-state index in [-0.39, 0.29) is 17.1 Å². The molecule has 0 saturated carbocycles. The molecule has 1 heterocycles.